The zero-order chi connectivity index (χ0) is 18.9. The van der Waals surface area contributed by atoms with Gasteiger partial charge in [0.05, 0.1) is 10.6 Å². The Hall–Kier alpha value is -2.53. The number of hydrogen-bond donors (Lipinski definition) is 1. The van der Waals surface area contributed by atoms with Gasteiger partial charge in [-0.1, -0.05) is 30.7 Å². The van der Waals surface area contributed by atoms with Gasteiger partial charge in [0.1, 0.15) is 24.7 Å². The molecule has 0 atom stereocenters. The number of hydrogen-bond acceptors (Lipinski definition) is 4. The van der Waals surface area contributed by atoms with Crippen LogP contribution in [0.15, 0.2) is 42.5 Å². The molecule has 2 rings (SSSR count). The first-order chi connectivity index (χ1) is 12.5. The van der Waals surface area contributed by atoms with Gasteiger partial charge in [-0.3, -0.25) is 9.59 Å². The standard InChI is InChI=1S/C20H22ClNO4/c1-3-6-20(24)22-15-9-10-18(16(13-15)14(2)23)25-11-12-26-19-8-5-4-7-17(19)21/h4-5,7-10,13H,3,6,11-12H2,1-2H3,(H,22,24). The van der Waals surface area contributed by atoms with Crippen LogP contribution in [0.1, 0.15) is 37.0 Å². The first kappa shape index (κ1) is 19.8. The lowest BCUT2D eigenvalue weighted by Crippen LogP contribution is -2.13. The molecular weight excluding hydrogens is 354 g/mol. The van der Waals surface area contributed by atoms with E-state index in [1.165, 1.54) is 6.92 Å². The van der Waals surface area contributed by atoms with Crippen molar-refractivity contribution < 1.29 is 19.1 Å². The molecule has 0 aliphatic rings. The molecule has 1 amide bonds. The molecule has 0 unspecified atom stereocenters. The molecule has 26 heavy (non-hydrogen) atoms. The van der Waals surface area contributed by atoms with Crippen molar-refractivity contribution in [2.24, 2.45) is 0 Å². The maximum atomic E-state index is 11.9. The summed E-state index contributed by atoms with van der Waals surface area (Å²) in [7, 11) is 0. The fourth-order valence-corrected chi connectivity index (χ4v) is 2.51. The Labute approximate surface area is 158 Å². The van der Waals surface area contributed by atoms with Crippen LogP contribution in [-0.4, -0.2) is 24.9 Å². The molecule has 0 saturated heterocycles. The predicted octanol–water partition coefficient (Wildman–Crippen LogP) is 4.74. The summed E-state index contributed by atoms with van der Waals surface area (Å²) in [5, 5.41) is 3.31. The van der Waals surface area contributed by atoms with Crippen LogP contribution in [0.5, 0.6) is 11.5 Å². The van der Waals surface area contributed by atoms with Gasteiger partial charge in [-0.15, -0.1) is 0 Å². The molecule has 5 nitrogen and oxygen atoms in total. The minimum atomic E-state index is -0.140. The molecule has 2 aromatic rings. The highest BCUT2D eigenvalue weighted by Gasteiger charge is 2.11. The van der Waals surface area contributed by atoms with Gasteiger partial charge >= 0.3 is 0 Å². The van der Waals surface area contributed by atoms with Crippen molar-refractivity contribution >= 4 is 29.0 Å². The molecule has 138 valence electrons. The minimum Gasteiger partial charge on any atom is -0.489 e. The van der Waals surface area contributed by atoms with Crippen molar-refractivity contribution in [1.82, 2.24) is 0 Å². The van der Waals surface area contributed by atoms with Crippen LogP contribution in [0.2, 0.25) is 5.02 Å². The fourth-order valence-electron chi connectivity index (χ4n) is 2.32. The van der Waals surface area contributed by atoms with Crippen LogP contribution in [0.3, 0.4) is 0 Å². The van der Waals surface area contributed by atoms with E-state index in [-0.39, 0.29) is 24.9 Å². The van der Waals surface area contributed by atoms with E-state index in [0.717, 1.165) is 6.42 Å². The molecule has 0 bridgehead atoms. The summed E-state index contributed by atoms with van der Waals surface area (Å²) in [6.45, 7) is 3.94. The quantitative estimate of drug-likeness (QED) is 0.508. The summed E-state index contributed by atoms with van der Waals surface area (Å²) in [6.07, 6.45) is 1.20. The van der Waals surface area contributed by atoms with E-state index in [0.29, 0.717) is 34.2 Å². The number of nitrogens with one attached hydrogen (secondary N) is 1. The molecule has 0 aliphatic carbocycles. The van der Waals surface area contributed by atoms with Crippen molar-refractivity contribution in [2.75, 3.05) is 18.5 Å². The highest BCUT2D eigenvalue weighted by molar-refractivity contribution is 6.32. The SMILES string of the molecule is CCCC(=O)Nc1ccc(OCCOc2ccccc2Cl)c(C(C)=O)c1. The molecule has 0 spiro atoms. The Bertz CT molecular complexity index is 776. The number of para-hydroxylation sites is 1. The second-order valence-corrected chi connectivity index (χ2v) is 6.10. The Balaban J connectivity index is 1.96. The topological polar surface area (TPSA) is 64.6 Å². The van der Waals surface area contributed by atoms with E-state index in [9.17, 15) is 9.59 Å². The predicted molar refractivity (Wildman–Crippen MR) is 102 cm³/mol. The van der Waals surface area contributed by atoms with Crippen molar-refractivity contribution in [1.29, 1.82) is 0 Å². The first-order valence-electron chi connectivity index (χ1n) is 8.46. The molecule has 0 saturated carbocycles. The second-order valence-electron chi connectivity index (χ2n) is 5.69. The van der Waals surface area contributed by atoms with Crippen molar-refractivity contribution in [3.05, 3.63) is 53.1 Å². The average molecular weight is 376 g/mol. The van der Waals surface area contributed by atoms with E-state index in [1.54, 1.807) is 30.3 Å². The highest BCUT2D eigenvalue weighted by atomic mass is 35.5. The van der Waals surface area contributed by atoms with Gasteiger partial charge in [-0.25, -0.2) is 0 Å². The fraction of sp³-hybridized carbons (Fsp3) is 0.300. The maximum Gasteiger partial charge on any atom is 0.224 e. The number of carbonyl (C=O) groups excluding carboxylic acids is 2. The lowest BCUT2D eigenvalue weighted by Gasteiger charge is -2.13. The summed E-state index contributed by atoms with van der Waals surface area (Å²) in [6, 6.07) is 12.2. The number of ketones is 1. The van der Waals surface area contributed by atoms with Crippen LogP contribution in [0, 0.1) is 0 Å². The molecule has 0 heterocycles. The third kappa shape index (κ3) is 5.77. The number of rotatable bonds is 9. The Kier molecular flexibility index (Phi) is 7.48. The summed E-state index contributed by atoms with van der Waals surface area (Å²) >= 11 is 6.02. The zero-order valence-electron chi connectivity index (χ0n) is 14.9. The Morgan fingerprint density at radius 1 is 1.04 bits per heavy atom. The van der Waals surface area contributed by atoms with E-state index in [2.05, 4.69) is 5.32 Å². The summed E-state index contributed by atoms with van der Waals surface area (Å²) in [5.41, 5.74) is 0.991. The van der Waals surface area contributed by atoms with E-state index < -0.39 is 0 Å². The Morgan fingerprint density at radius 3 is 2.38 bits per heavy atom. The highest BCUT2D eigenvalue weighted by Crippen LogP contribution is 2.25. The van der Waals surface area contributed by atoms with Crippen molar-refractivity contribution in [3.63, 3.8) is 0 Å². The molecule has 0 aromatic heterocycles. The number of amides is 1. The van der Waals surface area contributed by atoms with Gasteiger partial charge < -0.3 is 14.8 Å². The minimum absolute atomic E-state index is 0.0798. The van der Waals surface area contributed by atoms with E-state index in [1.807, 2.05) is 19.1 Å². The monoisotopic (exact) mass is 375 g/mol. The first-order valence-corrected chi connectivity index (χ1v) is 8.84. The zero-order valence-corrected chi connectivity index (χ0v) is 15.6. The summed E-state index contributed by atoms with van der Waals surface area (Å²) in [4.78, 5) is 23.6. The molecule has 2 aromatic carbocycles. The second kappa shape index (κ2) is 9.82. The lowest BCUT2D eigenvalue weighted by molar-refractivity contribution is -0.116. The number of ether oxygens (including phenoxy) is 2. The van der Waals surface area contributed by atoms with Crippen LogP contribution >= 0.6 is 11.6 Å². The third-order valence-electron chi connectivity index (χ3n) is 3.55. The van der Waals surface area contributed by atoms with Gasteiger partial charge in [0.25, 0.3) is 0 Å². The van der Waals surface area contributed by atoms with Crippen molar-refractivity contribution in [2.45, 2.75) is 26.7 Å². The smallest absolute Gasteiger partial charge is 0.224 e. The Morgan fingerprint density at radius 2 is 1.73 bits per heavy atom. The van der Waals surface area contributed by atoms with E-state index in [4.69, 9.17) is 21.1 Å². The van der Waals surface area contributed by atoms with Gasteiger partial charge in [-0.05, 0) is 43.7 Å². The number of benzene rings is 2. The van der Waals surface area contributed by atoms with E-state index >= 15 is 0 Å². The average Bonchev–Trinajstić information content (AvgIpc) is 2.61. The number of halogens is 1. The largest absolute Gasteiger partial charge is 0.489 e. The van der Waals surface area contributed by atoms with Gasteiger partial charge in [-0.2, -0.15) is 0 Å². The van der Waals surface area contributed by atoms with Gasteiger partial charge in [0.15, 0.2) is 5.78 Å². The molecule has 0 fully saturated rings. The number of carbonyl (C=O) groups is 2. The van der Waals surface area contributed by atoms with Crippen LogP contribution in [-0.2, 0) is 4.79 Å². The third-order valence-corrected chi connectivity index (χ3v) is 3.87. The normalized spacial score (nSPS) is 10.3. The summed E-state index contributed by atoms with van der Waals surface area (Å²) < 4.78 is 11.2. The number of Topliss-reactive ketones (excluding diaryl/α,β-unsaturated/α-hetero) is 1. The molecule has 1 N–H and O–H groups in total. The lowest BCUT2D eigenvalue weighted by atomic mass is 10.1. The maximum absolute atomic E-state index is 11.9. The molecular formula is C20H22ClNO4. The van der Waals surface area contributed by atoms with Gasteiger partial charge in [0, 0.05) is 12.1 Å². The molecule has 6 heteroatoms. The van der Waals surface area contributed by atoms with Crippen LogP contribution in [0.4, 0.5) is 5.69 Å². The van der Waals surface area contributed by atoms with Gasteiger partial charge in [0.2, 0.25) is 5.91 Å². The summed E-state index contributed by atoms with van der Waals surface area (Å²) in [5.74, 6) is 0.815. The van der Waals surface area contributed by atoms with Crippen molar-refractivity contribution in [3.8, 4) is 11.5 Å². The molecule has 0 radical (unpaired) electrons. The van der Waals surface area contributed by atoms with Crippen LogP contribution in [0.25, 0.3) is 0 Å². The molecule has 0 aliphatic heterocycles. The van der Waals surface area contributed by atoms with Crippen LogP contribution < -0.4 is 14.8 Å². The number of anilines is 1.